The van der Waals surface area contributed by atoms with Crippen molar-refractivity contribution < 1.29 is 4.74 Å². The molecule has 4 aromatic rings. The molecule has 31 heavy (non-hydrogen) atoms. The van der Waals surface area contributed by atoms with Gasteiger partial charge in [-0.05, 0) is 91.0 Å². The highest BCUT2D eigenvalue weighted by Crippen LogP contribution is 2.23. The first-order chi connectivity index (χ1) is 15.2. The number of thiophene rings is 4. The fraction of sp³-hybridized carbons (Fsp3) is 0.0769. The average Bonchev–Trinajstić information content (AvgIpc) is 3.57. The van der Waals surface area contributed by atoms with Crippen molar-refractivity contribution in [3.63, 3.8) is 0 Å². The lowest BCUT2D eigenvalue weighted by Gasteiger charge is -1.87. The van der Waals surface area contributed by atoms with Gasteiger partial charge in [-0.2, -0.15) is 0 Å². The van der Waals surface area contributed by atoms with Crippen molar-refractivity contribution in [1.82, 2.24) is 0 Å². The predicted octanol–water partition coefficient (Wildman–Crippen LogP) is 6.51. The van der Waals surface area contributed by atoms with Crippen LogP contribution in [-0.2, 0) is 0 Å². The van der Waals surface area contributed by atoms with Crippen molar-refractivity contribution in [2.75, 3.05) is 7.11 Å². The Hall–Kier alpha value is -3.16. The molecule has 0 radical (unpaired) electrons. The summed E-state index contributed by atoms with van der Waals surface area (Å²) in [5, 5.41) is 0.869. The third-order valence-electron chi connectivity index (χ3n) is 3.78. The van der Waals surface area contributed by atoms with Crippen molar-refractivity contribution in [3.8, 4) is 52.4 Å². The second-order valence-corrected chi connectivity index (χ2v) is 10.2. The zero-order valence-corrected chi connectivity index (χ0v) is 19.9. The summed E-state index contributed by atoms with van der Waals surface area (Å²) in [4.78, 5) is 7.05. The molecule has 0 aliphatic carbocycles. The van der Waals surface area contributed by atoms with E-state index in [2.05, 4.69) is 47.4 Å². The van der Waals surface area contributed by atoms with Gasteiger partial charge in [-0.15, -0.1) is 39.9 Å². The van der Waals surface area contributed by atoms with E-state index in [4.69, 9.17) is 4.74 Å². The standard InChI is InChI=1S/C26H14OS4/c1-3-4-19-5-6-20(28-19)7-8-21-9-10-22(29-21)11-12-23-13-14-24(30-23)15-16-25-17-18-26(27-2)31-25/h5-6,9-10,13-14,17-18H,1-2H3. The lowest BCUT2D eigenvalue weighted by atomic mass is 10.3. The van der Waals surface area contributed by atoms with E-state index >= 15 is 0 Å². The molecule has 0 aliphatic heterocycles. The van der Waals surface area contributed by atoms with Crippen LogP contribution in [0.4, 0.5) is 0 Å². The molecule has 148 valence electrons. The molecule has 0 unspecified atom stereocenters. The average molecular weight is 471 g/mol. The molecule has 0 amide bonds. The Kier molecular flexibility index (Phi) is 6.96. The van der Waals surface area contributed by atoms with Crippen LogP contribution in [0.25, 0.3) is 0 Å². The molecule has 0 fully saturated rings. The highest BCUT2D eigenvalue weighted by Gasteiger charge is 1.99. The Morgan fingerprint density at radius 3 is 1.13 bits per heavy atom. The number of hydrogen-bond donors (Lipinski definition) is 0. The number of rotatable bonds is 1. The highest BCUT2D eigenvalue weighted by molar-refractivity contribution is 7.15. The van der Waals surface area contributed by atoms with Crippen molar-refractivity contribution in [2.45, 2.75) is 6.92 Å². The van der Waals surface area contributed by atoms with Gasteiger partial charge >= 0.3 is 0 Å². The minimum atomic E-state index is 0.869. The van der Waals surface area contributed by atoms with Gasteiger partial charge in [0, 0.05) is 0 Å². The molecule has 0 aromatic carbocycles. The van der Waals surface area contributed by atoms with E-state index in [1.807, 2.05) is 55.5 Å². The first kappa shape index (κ1) is 21.1. The van der Waals surface area contributed by atoms with Gasteiger partial charge in [0.25, 0.3) is 0 Å². The van der Waals surface area contributed by atoms with Crippen LogP contribution in [0.1, 0.15) is 41.1 Å². The molecule has 0 saturated heterocycles. The van der Waals surface area contributed by atoms with Gasteiger partial charge in [0.05, 0.1) is 41.2 Å². The fourth-order valence-corrected chi connectivity index (χ4v) is 5.27. The summed E-state index contributed by atoms with van der Waals surface area (Å²) < 4.78 is 5.20. The lowest BCUT2D eigenvalue weighted by molar-refractivity contribution is 0.427. The largest absolute Gasteiger partial charge is 0.487 e. The van der Waals surface area contributed by atoms with E-state index in [1.165, 1.54) is 0 Å². The summed E-state index contributed by atoms with van der Waals surface area (Å²) in [6.45, 7) is 1.84. The molecule has 0 bridgehead atoms. The predicted molar refractivity (Wildman–Crippen MR) is 134 cm³/mol. The van der Waals surface area contributed by atoms with Gasteiger partial charge in [0.15, 0.2) is 5.06 Å². The molecule has 5 heteroatoms. The van der Waals surface area contributed by atoms with Crippen LogP contribution in [-0.4, -0.2) is 7.11 Å². The van der Waals surface area contributed by atoms with Crippen molar-refractivity contribution in [2.24, 2.45) is 0 Å². The van der Waals surface area contributed by atoms with Crippen LogP contribution in [0, 0.1) is 47.4 Å². The van der Waals surface area contributed by atoms with E-state index < -0.39 is 0 Å². The molecule has 1 nitrogen and oxygen atoms in total. The first-order valence-electron chi connectivity index (χ1n) is 9.14. The van der Waals surface area contributed by atoms with Crippen LogP contribution in [0.2, 0.25) is 0 Å². The van der Waals surface area contributed by atoms with Crippen LogP contribution < -0.4 is 4.74 Å². The van der Waals surface area contributed by atoms with E-state index in [0.29, 0.717) is 0 Å². The van der Waals surface area contributed by atoms with Crippen LogP contribution in [0.15, 0.2) is 48.5 Å². The minimum Gasteiger partial charge on any atom is -0.487 e. The molecule has 0 spiro atoms. The van der Waals surface area contributed by atoms with E-state index in [-0.39, 0.29) is 0 Å². The Bertz CT molecular complexity index is 1460. The normalized spacial score (nSPS) is 9.23. The van der Waals surface area contributed by atoms with Crippen molar-refractivity contribution >= 4 is 45.3 Å². The molecule has 0 atom stereocenters. The van der Waals surface area contributed by atoms with Gasteiger partial charge in [0.1, 0.15) is 0 Å². The molecular weight excluding hydrogens is 457 g/mol. The van der Waals surface area contributed by atoms with Crippen LogP contribution in [0.3, 0.4) is 0 Å². The van der Waals surface area contributed by atoms with Crippen LogP contribution >= 0.6 is 45.3 Å². The molecule has 0 aliphatic rings. The summed E-state index contributed by atoms with van der Waals surface area (Å²) in [5.41, 5.74) is 0. The maximum Gasteiger partial charge on any atom is 0.174 e. The molecule has 4 rings (SSSR count). The third-order valence-corrected chi connectivity index (χ3v) is 7.49. The molecular formula is C26H14OS4. The number of ether oxygens (including phenoxy) is 1. The second kappa shape index (κ2) is 10.2. The number of methoxy groups -OCH3 is 1. The first-order valence-corrected chi connectivity index (χ1v) is 12.4. The van der Waals surface area contributed by atoms with Gasteiger partial charge in [-0.3, -0.25) is 0 Å². The fourth-order valence-electron chi connectivity index (χ4n) is 2.41. The van der Waals surface area contributed by atoms with E-state index in [9.17, 15) is 0 Å². The topological polar surface area (TPSA) is 9.23 Å². The Morgan fingerprint density at radius 2 is 0.806 bits per heavy atom. The van der Waals surface area contributed by atoms with Gasteiger partial charge in [-0.25, -0.2) is 0 Å². The molecule has 4 aromatic heterocycles. The van der Waals surface area contributed by atoms with E-state index in [0.717, 1.165) is 39.2 Å². The lowest BCUT2D eigenvalue weighted by Crippen LogP contribution is -1.73. The Morgan fingerprint density at radius 1 is 0.484 bits per heavy atom. The van der Waals surface area contributed by atoms with Crippen molar-refractivity contribution in [3.05, 3.63) is 82.7 Å². The Labute approximate surface area is 198 Å². The smallest absolute Gasteiger partial charge is 0.174 e. The summed E-state index contributed by atoms with van der Waals surface area (Å²) in [7, 11) is 1.67. The van der Waals surface area contributed by atoms with Crippen LogP contribution in [0.5, 0.6) is 5.06 Å². The van der Waals surface area contributed by atoms with Gasteiger partial charge in [0.2, 0.25) is 0 Å². The van der Waals surface area contributed by atoms with E-state index in [1.54, 1.807) is 52.5 Å². The van der Waals surface area contributed by atoms with Gasteiger partial charge in [-0.1, -0.05) is 17.3 Å². The zero-order valence-electron chi connectivity index (χ0n) is 16.7. The van der Waals surface area contributed by atoms with Gasteiger partial charge < -0.3 is 4.74 Å². The molecule has 4 heterocycles. The molecule has 0 N–H and O–H groups in total. The maximum absolute atomic E-state index is 5.20. The quantitative estimate of drug-likeness (QED) is 0.288. The molecule has 0 saturated carbocycles. The SMILES string of the molecule is CC#Cc1ccc(C#Cc2ccc(C#Cc3ccc(C#Cc4ccc(OC)s4)s3)s2)s1. The highest BCUT2D eigenvalue weighted by atomic mass is 32.1. The third kappa shape index (κ3) is 5.93. The zero-order chi connectivity index (χ0) is 21.5. The summed E-state index contributed by atoms with van der Waals surface area (Å²) in [5.74, 6) is 25.2. The van der Waals surface area contributed by atoms with Crippen molar-refractivity contribution in [1.29, 1.82) is 0 Å². The second-order valence-electron chi connectivity index (χ2n) is 5.94. The minimum absolute atomic E-state index is 0.869. The maximum atomic E-state index is 5.20. The summed E-state index contributed by atoms with van der Waals surface area (Å²) >= 11 is 6.35. The monoisotopic (exact) mass is 470 g/mol. The number of hydrogen-bond acceptors (Lipinski definition) is 5. The summed E-state index contributed by atoms with van der Waals surface area (Å²) in [6, 6.07) is 16.0. The Balaban J connectivity index is 1.41. The summed E-state index contributed by atoms with van der Waals surface area (Å²) in [6.07, 6.45) is 0.